The molecule has 0 aliphatic carbocycles. The Kier molecular flexibility index (Phi) is 21.3. The van der Waals surface area contributed by atoms with E-state index in [0.29, 0.717) is 54.6 Å². The lowest BCUT2D eigenvalue weighted by molar-refractivity contribution is -0.137. The number of amides is 6. The Labute approximate surface area is 375 Å². The first-order chi connectivity index (χ1) is 30.2. The van der Waals surface area contributed by atoms with Gasteiger partial charge < -0.3 is 66.4 Å². The van der Waals surface area contributed by atoms with Crippen LogP contribution in [0.15, 0.2) is 24.7 Å². The van der Waals surface area contributed by atoms with E-state index in [9.17, 15) is 48.2 Å². The minimum Gasteiger partial charge on any atom is -0.493 e. The van der Waals surface area contributed by atoms with Crippen LogP contribution in [0, 0.1) is 5.92 Å². The lowest BCUT2D eigenvalue weighted by atomic mass is 10.0. The number of H-pyrrole nitrogens is 1. The number of phosphoric ester groups is 1. The summed E-state index contributed by atoms with van der Waals surface area (Å²) in [5.41, 5.74) is 6.63. The molecule has 2 aromatic rings. The van der Waals surface area contributed by atoms with Crippen LogP contribution in [-0.4, -0.2) is 154 Å². The highest BCUT2D eigenvalue weighted by Crippen LogP contribution is 2.39. The molecule has 25 heteroatoms. The minimum atomic E-state index is -5.23. The number of aromatic amines is 1. The van der Waals surface area contributed by atoms with Crippen LogP contribution in [0.3, 0.4) is 0 Å². The van der Waals surface area contributed by atoms with Crippen molar-refractivity contribution in [1.29, 1.82) is 0 Å². The van der Waals surface area contributed by atoms with E-state index < -0.39 is 92.2 Å². The smallest absolute Gasteiger partial charge is 0.469 e. The second-order valence-electron chi connectivity index (χ2n) is 15.5. The van der Waals surface area contributed by atoms with E-state index in [-0.39, 0.29) is 25.2 Å². The Bertz CT molecular complexity index is 1910. The Balaban J connectivity index is 1.82. The summed E-state index contributed by atoms with van der Waals surface area (Å²) in [5, 5.41) is 22.7. The monoisotopic (exact) mass is 943 g/mol. The van der Waals surface area contributed by atoms with Gasteiger partial charge in [0.15, 0.2) is 11.5 Å². The van der Waals surface area contributed by atoms with Crippen LogP contribution < -0.4 is 46.5 Å². The summed E-state index contributed by atoms with van der Waals surface area (Å²) >= 11 is 1.36. The van der Waals surface area contributed by atoms with E-state index in [2.05, 4.69) is 41.1 Å². The van der Waals surface area contributed by atoms with Gasteiger partial charge in [-0.05, 0) is 74.8 Å². The Morgan fingerprint density at radius 2 is 1.52 bits per heavy atom. The van der Waals surface area contributed by atoms with Crippen molar-refractivity contribution in [1.82, 2.24) is 41.5 Å². The summed E-state index contributed by atoms with van der Waals surface area (Å²) in [4.78, 5) is 109. The van der Waals surface area contributed by atoms with E-state index in [1.54, 1.807) is 18.4 Å². The topological polar surface area (TPSA) is 335 Å². The van der Waals surface area contributed by atoms with Crippen LogP contribution in [0.25, 0.3) is 0 Å². The molecule has 1 saturated heterocycles. The molecule has 2 heterocycles. The number of methoxy groups -OCH3 is 3. The zero-order valence-corrected chi connectivity index (χ0v) is 38.7. The average Bonchev–Trinajstić information content (AvgIpc) is 3.93. The maximum Gasteiger partial charge on any atom is 0.469 e. The lowest BCUT2D eigenvalue weighted by Gasteiger charge is -2.29. The predicted molar refractivity (Wildman–Crippen MR) is 233 cm³/mol. The van der Waals surface area contributed by atoms with Gasteiger partial charge in [0.2, 0.25) is 41.2 Å². The number of nitrogens with two attached hydrogens (primary N) is 1. The third-order valence-corrected chi connectivity index (χ3v) is 11.4. The highest BCUT2D eigenvalue weighted by molar-refractivity contribution is 7.98. The summed E-state index contributed by atoms with van der Waals surface area (Å²) in [6.45, 7) is 4.69. The third kappa shape index (κ3) is 16.2. The van der Waals surface area contributed by atoms with Crippen LogP contribution >= 0.6 is 19.6 Å². The molecule has 1 aromatic heterocycles. The van der Waals surface area contributed by atoms with Crippen molar-refractivity contribution in [2.45, 2.75) is 102 Å². The summed E-state index contributed by atoms with van der Waals surface area (Å²) in [5.74, 6) is -3.66. The molecule has 3 rings (SSSR count). The highest BCUT2D eigenvalue weighted by Gasteiger charge is 2.38. The number of thioether (sulfide) groups is 1. The molecule has 1 aliphatic heterocycles. The van der Waals surface area contributed by atoms with E-state index in [1.165, 1.54) is 45.6 Å². The predicted octanol–water partition coefficient (Wildman–Crippen LogP) is -1.16. The van der Waals surface area contributed by atoms with Gasteiger partial charge in [-0.2, -0.15) is 11.8 Å². The molecule has 6 amide bonds. The van der Waals surface area contributed by atoms with Gasteiger partial charge in [0, 0.05) is 24.9 Å². The normalized spacial score (nSPS) is 17.0. The molecule has 7 atom stereocenters. The molecule has 0 saturated carbocycles. The van der Waals surface area contributed by atoms with E-state index in [4.69, 9.17) is 19.9 Å². The van der Waals surface area contributed by atoms with Crippen LogP contribution in [0.5, 0.6) is 17.2 Å². The van der Waals surface area contributed by atoms with Gasteiger partial charge in [-0.25, -0.2) is 9.55 Å². The standard InChI is InChI=1S/C39H62N9O14PS/c1-21(2)13-26(45-38(54)29-9-8-11-48(29)18-23-14-30(59-4)33(61-6)31(15-23)60-5)35(51)44-27(16-24-17-41-20-42-24)36(52)46-28(19-49)37(53)47-32(22(3)62-63(56,57)58)39(55)43-25(34(40)50)10-12-64-7/h14-15,17,20-22,25-29,32,49H,8-13,16,18-19H2,1-7H3,(H2,40,50)(H,41,42)(H,43,55)(H,44,51)(H,45,54)(H,46,52)(H,47,53)(H2,56,57,58)/t22-,25+,26+,27+,28+,29+,32+/m1/s1. The molecular weight excluding hydrogens is 882 g/mol. The second kappa shape index (κ2) is 25.5. The maximum absolute atomic E-state index is 14.1. The van der Waals surface area contributed by atoms with E-state index in [1.807, 2.05) is 18.7 Å². The number of benzene rings is 1. The van der Waals surface area contributed by atoms with Gasteiger partial charge in [0.25, 0.3) is 0 Å². The Hall–Kier alpha value is -4.97. The fourth-order valence-corrected chi connectivity index (χ4v) is 8.05. The number of hydrogen-bond acceptors (Lipinski definition) is 15. The number of ether oxygens (including phenoxy) is 3. The first-order valence-corrected chi connectivity index (χ1v) is 23.3. The highest BCUT2D eigenvalue weighted by atomic mass is 32.2. The number of likely N-dealkylation sites (tertiary alicyclic amines) is 1. The number of phosphoric acid groups is 1. The second-order valence-corrected chi connectivity index (χ2v) is 17.6. The Morgan fingerprint density at radius 1 is 0.906 bits per heavy atom. The molecule has 1 aromatic carbocycles. The minimum absolute atomic E-state index is 0.0900. The summed E-state index contributed by atoms with van der Waals surface area (Å²) in [6.07, 6.45) is 4.11. The molecule has 0 radical (unpaired) electrons. The number of nitrogens with zero attached hydrogens (tertiary/aromatic N) is 2. The quantitative estimate of drug-likeness (QED) is 0.0472. The van der Waals surface area contributed by atoms with Crippen molar-refractivity contribution in [2.24, 2.45) is 11.7 Å². The summed E-state index contributed by atoms with van der Waals surface area (Å²) in [7, 11) is -0.719. The number of aromatic nitrogens is 2. The average molecular weight is 944 g/mol. The fourth-order valence-electron chi connectivity index (χ4n) is 7.02. The number of rotatable bonds is 27. The molecule has 0 spiro atoms. The zero-order valence-electron chi connectivity index (χ0n) is 37.0. The largest absolute Gasteiger partial charge is 0.493 e. The van der Waals surface area contributed by atoms with Gasteiger partial charge in [0.1, 0.15) is 30.2 Å². The number of aliphatic hydroxyl groups is 1. The van der Waals surface area contributed by atoms with Crippen LogP contribution in [0.4, 0.5) is 0 Å². The van der Waals surface area contributed by atoms with Crippen molar-refractivity contribution in [3.05, 3.63) is 35.9 Å². The van der Waals surface area contributed by atoms with Crippen molar-refractivity contribution in [2.75, 3.05) is 46.5 Å². The van der Waals surface area contributed by atoms with Crippen molar-refractivity contribution < 1.29 is 67.0 Å². The number of carbonyl (C=O) groups excluding carboxylic acids is 6. The molecule has 1 fully saturated rings. The fraction of sp³-hybridized carbons (Fsp3) is 0.615. The molecule has 0 unspecified atom stereocenters. The van der Waals surface area contributed by atoms with Gasteiger partial charge in [0.05, 0.1) is 46.4 Å². The summed E-state index contributed by atoms with van der Waals surface area (Å²) in [6, 6.07) is -4.44. The van der Waals surface area contributed by atoms with Crippen LogP contribution in [0.1, 0.15) is 57.7 Å². The summed E-state index contributed by atoms with van der Waals surface area (Å²) < 4.78 is 32.8. The maximum atomic E-state index is 14.1. The van der Waals surface area contributed by atoms with Gasteiger partial charge >= 0.3 is 7.82 Å². The van der Waals surface area contributed by atoms with Crippen molar-refractivity contribution >= 4 is 55.0 Å². The molecule has 11 N–H and O–H groups in total. The molecular formula is C39H62N9O14PS. The number of imidazole rings is 1. The Morgan fingerprint density at radius 3 is 2.05 bits per heavy atom. The van der Waals surface area contributed by atoms with Gasteiger partial charge in [-0.15, -0.1) is 0 Å². The molecule has 64 heavy (non-hydrogen) atoms. The molecule has 1 aliphatic rings. The number of primary amides is 1. The number of hydrogen-bond donors (Lipinski definition) is 10. The zero-order chi connectivity index (χ0) is 47.7. The number of carbonyl (C=O) groups is 6. The van der Waals surface area contributed by atoms with Crippen LogP contribution in [-0.2, 0) is 50.8 Å². The lowest BCUT2D eigenvalue weighted by Crippen LogP contribution is -2.62. The van der Waals surface area contributed by atoms with Crippen LogP contribution in [0.2, 0.25) is 0 Å². The number of aliphatic hydroxyl groups excluding tert-OH is 1. The molecule has 23 nitrogen and oxygen atoms in total. The van der Waals surface area contributed by atoms with E-state index >= 15 is 0 Å². The van der Waals surface area contributed by atoms with Gasteiger partial charge in [-0.1, -0.05) is 13.8 Å². The third-order valence-electron chi connectivity index (χ3n) is 10.2. The van der Waals surface area contributed by atoms with Crippen molar-refractivity contribution in [3.8, 4) is 17.2 Å². The number of nitrogens with one attached hydrogen (secondary N) is 6. The SMILES string of the molecule is COc1cc(CN2CCC[C@H]2C(=O)N[C@@H](CC(C)C)C(=O)N[C@@H](Cc2cnc[nH]2)C(=O)N[C@@H](CO)C(=O)N[C@H](C(=O)N[C@@H](CCSC)C(N)=O)[C@@H](C)OP(=O)(O)O)cc(OC)c1OC. The van der Waals surface area contributed by atoms with E-state index in [0.717, 1.165) is 12.5 Å². The molecule has 358 valence electrons. The first kappa shape index (κ1) is 53.4. The van der Waals surface area contributed by atoms with Crippen molar-refractivity contribution in [3.63, 3.8) is 0 Å². The molecule has 0 bridgehead atoms. The van der Waals surface area contributed by atoms with Gasteiger partial charge in [-0.3, -0.25) is 38.2 Å². The first-order valence-electron chi connectivity index (χ1n) is 20.4.